The molecule has 2 aliphatic rings. The van der Waals surface area contributed by atoms with Gasteiger partial charge in [-0.2, -0.15) is 0 Å². The SMILES string of the molecule is CCOc1ccccc1CNC(=O)C1CCN(C(=O)N2C[C@@H](C)Oc3ccccc32)CC1. The number of likely N-dealkylation sites (tertiary alicyclic amines) is 1. The molecule has 1 fully saturated rings. The normalized spacial score (nSPS) is 18.5. The van der Waals surface area contributed by atoms with Crippen LogP contribution in [0.15, 0.2) is 48.5 Å². The van der Waals surface area contributed by atoms with Gasteiger partial charge in [-0.15, -0.1) is 0 Å². The summed E-state index contributed by atoms with van der Waals surface area (Å²) in [6, 6.07) is 15.4. The van der Waals surface area contributed by atoms with Crippen LogP contribution in [0.25, 0.3) is 0 Å². The summed E-state index contributed by atoms with van der Waals surface area (Å²) in [5, 5.41) is 3.04. The summed E-state index contributed by atoms with van der Waals surface area (Å²) < 4.78 is 11.5. The van der Waals surface area contributed by atoms with Crippen molar-refractivity contribution in [1.82, 2.24) is 10.2 Å². The first kappa shape index (κ1) is 22.0. The average molecular weight is 438 g/mol. The van der Waals surface area contributed by atoms with Crippen molar-refractivity contribution in [3.8, 4) is 11.5 Å². The maximum absolute atomic E-state index is 13.2. The van der Waals surface area contributed by atoms with E-state index < -0.39 is 0 Å². The lowest BCUT2D eigenvalue weighted by molar-refractivity contribution is -0.126. The molecule has 1 atom stereocenters. The van der Waals surface area contributed by atoms with Crippen LogP contribution in [0.3, 0.4) is 0 Å². The topological polar surface area (TPSA) is 71.1 Å². The highest BCUT2D eigenvalue weighted by Crippen LogP contribution is 2.34. The lowest BCUT2D eigenvalue weighted by Gasteiger charge is -2.39. The molecule has 0 unspecified atom stereocenters. The van der Waals surface area contributed by atoms with Crippen LogP contribution in [0.1, 0.15) is 32.3 Å². The van der Waals surface area contributed by atoms with E-state index in [0.717, 1.165) is 22.7 Å². The molecule has 0 spiro atoms. The fourth-order valence-electron chi connectivity index (χ4n) is 4.35. The molecular formula is C25H31N3O4. The number of benzene rings is 2. The van der Waals surface area contributed by atoms with Crippen LogP contribution in [-0.4, -0.2) is 49.2 Å². The first-order chi connectivity index (χ1) is 15.6. The first-order valence-corrected chi connectivity index (χ1v) is 11.4. The van der Waals surface area contributed by atoms with Gasteiger partial charge in [0.05, 0.1) is 18.8 Å². The minimum atomic E-state index is -0.0887. The van der Waals surface area contributed by atoms with E-state index in [-0.39, 0.29) is 24.0 Å². The Balaban J connectivity index is 1.31. The van der Waals surface area contributed by atoms with Crippen molar-refractivity contribution in [1.29, 1.82) is 0 Å². The molecule has 2 aliphatic heterocycles. The molecule has 1 N–H and O–H groups in total. The largest absolute Gasteiger partial charge is 0.494 e. The van der Waals surface area contributed by atoms with Crippen LogP contribution in [0, 0.1) is 5.92 Å². The standard InChI is InChI=1S/C25H31N3O4/c1-3-31-22-10-6-4-8-20(22)16-26-24(29)19-12-14-27(15-13-19)25(30)28-17-18(2)32-23-11-7-5-9-21(23)28/h4-11,18-19H,3,12-17H2,1-2H3,(H,26,29)/t18-/m1/s1. The molecule has 2 heterocycles. The number of piperidine rings is 1. The molecule has 3 amide bonds. The van der Waals surface area contributed by atoms with Gasteiger partial charge in [-0.1, -0.05) is 30.3 Å². The summed E-state index contributed by atoms with van der Waals surface area (Å²) in [4.78, 5) is 29.6. The van der Waals surface area contributed by atoms with Crippen molar-refractivity contribution < 1.29 is 19.1 Å². The molecule has 2 aromatic carbocycles. The molecule has 0 radical (unpaired) electrons. The van der Waals surface area contributed by atoms with Gasteiger partial charge < -0.3 is 19.7 Å². The molecule has 7 heteroatoms. The number of amides is 3. The third-order valence-corrected chi connectivity index (χ3v) is 6.02. The van der Waals surface area contributed by atoms with Gasteiger partial charge in [0.15, 0.2) is 0 Å². The average Bonchev–Trinajstić information content (AvgIpc) is 2.82. The number of nitrogens with one attached hydrogen (secondary N) is 1. The summed E-state index contributed by atoms with van der Waals surface area (Å²) in [5.74, 6) is 1.49. The predicted octanol–water partition coefficient (Wildman–Crippen LogP) is 3.82. The minimum Gasteiger partial charge on any atom is -0.494 e. The summed E-state index contributed by atoms with van der Waals surface area (Å²) in [6.07, 6.45) is 1.26. The monoisotopic (exact) mass is 437 g/mol. The van der Waals surface area contributed by atoms with E-state index >= 15 is 0 Å². The van der Waals surface area contributed by atoms with E-state index in [1.54, 1.807) is 4.90 Å². The number of para-hydroxylation sites is 3. The van der Waals surface area contributed by atoms with E-state index in [0.29, 0.717) is 45.6 Å². The highest BCUT2D eigenvalue weighted by Gasteiger charge is 2.33. The van der Waals surface area contributed by atoms with Crippen molar-refractivity contribution >= 4 is 17.6 Å². The second-order valence-electron chi connectivity index (χ2n) is 8.31. The number of carbonyl (C=O) groups excluding carboxylic acids is 2. The molecule has 0 bridgehead atoms. The third kappa shape index (κ3) is 4.82. The Morgan fingerprint density at radius 1 is 1.09 bits per heavy atom. The molecule has 32 heavy (non-hydrogen) atoms. The Kier molecular flexibility index (Phi) is 6.83. The van der Waals surface area contributed by atoms with Crippen LogP contribution in [0.5, 0.6) is 11.5 Å². The van der Waals surface area contributed by atoms with Gasteiger partial charge in [0.1, 0.15) is 17.6 Å². The van der Waals surface area contributed by atoms with Gasteiger partial charge in [-0.05, 0) is 44.9 Å². The Morgan fingerprint density at radius 3 is 2.59 bits per heavy atom. The number of carbonyl (C=O) groups is 2. The van der Waals surface area contributed by atoms with Gasteiger partial charge in [-0.3, -0.25) is 9.69 Å². The maximum atomic E-state index is 13.2. The number of fused-ring (bicyclic) bond motifs is 1. The number of rotatable bonds is 5. The maximum Gasteiger partial charge on any atom is 0.324 e. The number of urea groups is 1. The Bertz CT molecular complexity index is 956. The van der Waals surface area contributed by atoms with E-state index in [1.165, 1.54) is 0 Å². The molecule has 0 aliphatic carbocycles. The zero-order chi connectivity index (χ0) is 22.5. The molecule has 1 saturated heterocycles. The molecular weight excluding hydrogens is 406 g/mol. The first-order valence-electron chi connectivity index (χ1n) is 11.4. The second-order valence-corrected chi connectivity index (χ2v) is 8.31. The molecule has 7 nitrogen and oxygen atoms in total. The molecule has 2 aromatic rings. The highest BCUT2D eigenvalue weighted by molar-refractivity contribution is 5.94. The van der Waals surface area contributed by atoms with Crippen LogP contribution >= 0.6 is 0 Å². The molecule has 170 valence electrons. The van der Waals surface area contributed by atoms with E-state index in [1.807, 2.05) is 67.3 Å². The van der Waals surface area contributed by atoms with Crippen molar-refractivity contribution in [2.24, 2.45) is 5.92 Å². The second kappa shape index (κ2) is 9.94. The minimum absolute atomic E-state index is 0.0166. The predicted molar refractivity (Wildman–Crippen MR) is 123 cm³/mol. The van der Waals surface area contributed by atoms with Crippen LogP contribution < -0.4 is 19.7 Å². The fourth-order valence-corrected chi connectivity index (χ4v) is 4.35. The summed E-state index contributed by atoms with van der Waals surface area (Å²) in [6.45, 7) is 6.60. The Morgan fingerprint density at radius 2 is 1.81 bits per heavy atom. The van der Waals surface area contributed by atoms with Crippen molar-refractivity contribution in [3.63, 3.8) is 0 Å². The smallest absolute Gasteiger partial charge is 0.324 e. The zero-order valence-corrected chi connectivity index (χ0v) is 18.8. The Hall–Kier alpha value is -3.22. The van der Waals surface area contributed by atoms with Crippen molar-refractivity contribution in [2.45, 2.75) is 39.3 Å². The fraction of sp³-hybridized carbons (Fsp3) is 0.440. The summed E-state index contributed by atoms with van der Waals surface area (Å²) in [7, 11) is 0. The lowest BCUT2D eigenvalue weighted by Crippen LogP contribution is -2.52. The van der Waals surface area contributed by atoms with Crippen LogP contribution in [0.4, 0.5) is 10.5 Å². The highest BCUT2D eigenvalue weighted by atomic mass is 16.5. The molecule has 0 saturated carbocycles. The van der Waals surface area contributed by atoms with E-state index in [4.69, 9.17) is 9.47 Å². The number of anilines is 1. The summed E-state index contributed by atoms with van der Waals surface area (Å²) >= 11 is 0. The number of hydrogen-bond donors (Lipinski definition) is 1. The Labute approximate surface area is 189 Å². The lowest BCUT2D eigenvalue weighted by atomic mass is 9.96. The van der Waals surface area contributed by atoms with Crippen LogP contribution in [-0.2, 0) is 11.3 Å². The molecule has 0 aromatic heterocycles. The van der Waals surface area contributed by atoms with Gasteiger partial charge in [0.25, 0.3) is 0 Å². The summed E-state index contributed by atoms with van der Waals surface area (Å²) in [5.41, 5.74) is 1.78. The van der Waals surface area contributed by atoms with Crippen molar-refractivity contribution in [2.75, 3.05) is 31.1 Å². The van der Waals surface area contributed by atoms with Gasteiger partial charge in [-0.25, -0.2) is 4.79 Å². The van der Waals surface area contributed by atoms with Gasteiger partial charge >= 0.3 is 6.03 Å². The van der Waals surface area contributed by atoms with Gasteiger partial charge in [0.2, 0.25) is 5.91 Å². The van der Waals surface area contributed by atoms with E-state index in [2.05, 4.69) is 5.32 Å². The van der Waals surface area contributed by atoms with E-state index in [9.17, 15) is 9.59 Å². The number of hydrogen-bond acceptors (Lipinski definition) is 4. The van der Waals surface area contributed by atoms with Crippen LogP contribution in [0.2, 0.25) is 0 Å². The van der Waals surface area contributed by atoms with Crippen molar-refractivity contribution in [3.05, 3.63) is 54.1 Å². The quantitative estimate of drug-likeness (QED) is 0.772. The number of nitrogens with zero attached hydrogens (tertiary/aromatic N) is 2. The molecule has 4 rings (SSSR count). The number of ether oxygens (including phenoxy) is 2. The third-order valence-electron chi connectivity index (χ3n) is 6.02. The van der Waals surface area contributed by atoms with Gasteiger partial charge in [0, 0.05) is 31.1 Å². The zero-order valence-electron chi connectivity index (χ0n) is 18.8.